The molecule has 2 aromatic rings. The number of rotatable bonds is 5. The van der Waals surface area contributed by atoms with Crippen molar-refractivity contribution < 1.29 is 18.0 Å². The quantitative estimate of drug-likeness (QED) is 0.898. The summed E-state index contributed by atoms with van der Waals surface area (Å²) in [6.45, 7) is 0.460. The third-order valence-electron chi connectivity index (χ3n) is 3.20. The van der Waals surface area contributed by atoms with Crippen LogP contribution in [-0.4, -0.2) is 12.5 Å². The fraction of sp³-hybridized carbons (Fsp3) is 0.235. The summed E-state index contributed by atoms with van der Waals surface area (Å²) in [4.78, 5) is 11.8. The van der Waals surface area contributed by atoms with E-state index >= 15 is 0 Å². The molecule has 0 saturated heterocycles. The highest BCUT2D eigenvalue weighted by Gasteiger charge is 2.30. The first-order valence-electron chi connectivity index (χ1n) is 6.92. The summed E-state index contributed by atoms with van der Waals surface area (Å²) in [5.41, 5.74) is 0.719. The lowest BCUT2D eigenvalue weighted by Crippen LogP contribution is -2.27. The summed E-state index contributed by atoms with van der Waals surface area (Å²) in [7, 11) is 0. The van der Waals surface area contributed by atoms with E-state index in [4.69, 9.17) is 0 Å². The molecule has 0 saturated carbocycles. The molecule has 2 nitrogen and oxygen atoms in total. The monoisotopic (exact) mass is 307 g/mol. The van der Waals surface area contributed by atoms with E-state index in [0.29, 0.717) is 18.5 Å². The van der Waals surface area contributed by atoms with Crippen molar-refractivity contribution >= 4 is 5.91 Å². The minimum absolute atomic E-state index is 0.0568. The summed E-state index contributed by atoms with van der Waals surface area (Å²) in [6.07, 6.45) is -3.76. The van der Waals surface area contributed by atoms with E-state index in [1.807, 2.05) is 30.3 Å². The zero-order valence-electron chi connectivity index (χ0n) is 11.9. The van der Waals surface area contributed by atoms with Crippen LogP contribution in [0.5, 0.6) is 0 Å². The van der Waals surface area contributed by atoms with Crippen LogP contribution in [0.1, 0.15) is 16.7 Å². The molecule has 116 valence electrons. The molecule has 5 heteroatoms. The van der Waals surface area contributed by atoms with Crippen molar-refractivity contribution in [2.24, 2.45) is 0 Å². The molecule has 0 heterocycles. The largest absolute Gasteiger partial charge is 0.416 e. The number of alkyl halides is 3. The van der Waals surface area contributed by atoms with Crippen molar-refractivity contribution in [3.63, 3.8) is 0 Å². The van der Waals surface area contributed by atoms with Crippen molar-refractivity contribution in [3.8, 4) is 0 Å². The van der Waals surface area contributed by atoms with Gasteiger partial charge < -0.3 is 5.32 Å². The topological polar surface area (TPSA) is 29.1 Å². The Hall–Kier alpha value is -2.30. The molecule has 1 N–H and O–H groups in total. The SMILES string of the molecule is O=C(Cc1cccc(C(F)(F)F)c1)NCCc1ccccc1. The maximum absolute atomic E-state index is 12.6. The van der Waals surface area contributed by atoms with Gasteiger partial charge in [0.05, 0.1) is 12.0 Å². The minimum Gasteiger partial charge on any atom is -0.355 e. The molecular weight excluding hydrogens is 291 g/mol. The van der Waals surface area contributed by atoms with Crippen molar-refractivity contribution in [1.82, 2.24) is 5.32 Å². The van der Waals surface area contributed by atoms with Crippen LogP contribution in [0.25, 0.3) is 0 Å². The van der Waals surface area contributed by atoms with E-state index in [2.05, 4.69) is 5.32 Å². The Morgan fingerprint density at radius 2 is 1.64 bits per heavy atom. The summed E-state index contributed by atoms with van der Waals surface area (Å²) < 4.78 is 37.8. The molecule has 2 rings (SSSR count). The maximum atomic E-state index is 12.6. The van der Waals surface area contributed by atoms with Crippen LogP contribution in [0, 0.1) is 0 Å². The molecule has 0 unspecified atom stereocenters. The molecule has 0 aliphatic carbocycles. The number of hydrogen-bond acceptors (Lipinski definition) is 1. The second-order valence-electron chi connectivity index (χ2n) is 4.96. The van der Waals surface area contributed by atoms with Gasteiger partial charge in [0, 0.05) is 6.54 Å². The third-order valence-corrected chi connectivity index (χ3v) is 3.20. The first-order chi connectivity index (χ1) is 10.4. The van der Waals surface area contributed by atoms with Gasteiger partial charge in [-0.2, -0.15) is 13.2 Å². The van der Waals surface area contributed by atoms with Crippen LogP contribution in [0.2, 0.25) is 0 Å². The minimum atomic E-state index is -4.39. The lowest BCUT2D eigenvalue weighted by Gasteiger charge is -2.09. The number of carbonyl (C=O) groups is 1. The molecule has 0 bridgehead atoms. The second-order valence-corrected chi connectivity index (χ2v) is 4.96. The van der Waals surface area contributed by atoms with Gasteiger partial charge in [-0.05, 0) is 23.6 Å². The Morgan fingerprint density at radius 3 is 2.32 bits per heavy atom. The molecule has 22 heavy (non-hydrogen) atoms. The van der Waals surface area contributed by atoms with Crippen molar-refractivity contribution in [3.05, 3.63) is 71.3 Å². The lowest BCUT2D eigenvalue weighted by atomic mass is 10.1. The van der Waals surface area contributed by atoms with Crippen LogP contribution < -0.4 is 5.32 Å². The fourth-order valence-electron chi connectivity index (χ4n) is 2.10. The Balaban J connectivity index is 1.84. The number of nitrogens with one attached hydrogen (secondary N) is 1. The molecule has 0 fully saturated rings. The van der Waals surface area contributed by atoms with Crippen molar-refractivity contribution in [2.75, 3.05) is 6.54 Å². The van der Waals surface area contributed by atoms with Gasteiger partial charge in [0.15, 0.2) is 0 Å². The molecule has 0 atom stereocenters. The number of amides is 1. The summed E-state index contributed by atoms with van der Waals surface area (Å²) in [5, 5.41) is 2.72. The van der Waals surface area contributed by atoms with Crippen molar-refractivity contribution in [1.29, 1.82) is 0 Å². The van der Waals surface area contributed by atoms with Crippen LogP contribution in [0.3, 0.4) is 0 Å². The standard InChI is InChI=1S/C17H16F3NO/c18-17(19,20)15-8-4-7-14(11-15)12-16(22)21-10-9-13-5-2-1-3-6-13/h1-8,11H,9-10,12H2,(H,21,22). The normalized spacial score (nSPS) is 11.2. The van der Waals surface area contributed by atoms with Gasteiger partial charge in [0.25, 0.3) is 0 Å². The number of halogens is 3. The zero-order valence-corrected chi connectivity index (χ0v) is 11.9. The zero-order chi connectivity index (χ0) is 16.0. The van der Waals surface area contributed by atoms with Gasteiger partial charge in [-0.3, -0.25) is 4.79 Å². The molecule has 0 aromatic heterocycles. The van der Waals surface area contributed by atoms with Gasteiger partial charge in [-0.25, -0.2) is 0 Å². The predicted octanol–water partition coefficient (Wildman–Crippen LogP) is 3.61. The van der Waals surface area contributed by atoms with Crippen LogP contribution in [-0.2, 0) is 23.8 Å². The maximum Gasteiger partial charge on any atom is 0.416 e. The van der Waals surface area contributed by atoms with E-state index in [-0.39, 0.29) is 12.3 Å². The molecule has 0 aliphatic rings. The van der Waals surface area contributed by atoms with E-state index < -0.39 is 11.7 Å². The smallest absolute Gasteiger partial charge is 0.355 e. The van der Waals surface area contributed by atoms with E-state index in [9.17, 15) is 18.0 Å². The van der Waals surface area contributed by atoms with Gasteiger partial charge in [0.1, 0.15) is 0 Å². The van der Waals surface area contributed by atoms with E-state index in [1.165, 1.54) is 12.1 Å². The molecule has 0 radical (unpaired) electrons. The average Bonchev–Trinajstić information content (AvgIpc) is 2.48. The number of hydrogen-bond donors (Lipinski definition) is 1. The van der Waals surface area contributed by atoms with Gasteiger partial charge >= 0.3 is 6.18 Å². The summed E-state index contributed by atoms with van der Waals surface area (Å²) >= 11 is 0. The Labute approximate surface area is 127 Å². The average molecular weight is 307 g/mol. The predicted molar refractivity (Wildman–Crippen MR) is 78.3 cm³/mol. The first kappa shape index (κ1) is 16.1. The molecule has 0 spiro atoms. The third kappa shape index (κ3) is 4.91. The van der Waals surface area contributed by atoms with E-state index in [1.54, 1.807) is 0 Å². The van der Waals surface area contributed by atoms with Crippen LogP contribution >= 0.6 is 0 Å². The Morgan fingerprint density at radius 1 is 0.955 bits per heavy atom. The van der Waals surface area contributed by atoms with Crippen LogP contribution in [0.4, 0.5) is 13.2 Å². The highest BCUT2D eigenvalue weighted by Crippen LogP contribution is 2.29. The van der Waals surface area contributed by atoms with Crippen molar-refractivity contribution in [2.45, 2.75) is 19.0 Å². The highest BCUT2D eigenvalue weighted by atomic mass is 19.4. The highest BCUT2D eigenvalue weighted by molar-refractivity contribution is 5.78. The second kappa shape index (κ2) is 7.11. The Kier molecular flexibility index (Phi) is 5.20. The summed E-state index contributed by atoms with van der Waals surface area (Å²) in [5.74, 6) is -0.282. The Bertz CT molecular complexity index is 623. The molecule has 2 aromatic carbocycles. The van der Waals surface area contributed by atoms with Gasteiger partial charge in [-0.1, -0.05) is 48.5 Å². The molecule has 1 amide bonds. The molecule has 0 aliphatic heterocycles. The molecular formula is C17H16F3NO. The fourth-order valence-corrected chi connectivity index (χ4v) is 2.10. The first-order valence-corrected chi connectivity index (χ1v) is 6.92. The number of carbonyl (C=O) groups excluding carboxylic acids is 1. The number of benzene rings is 2. The summed E-state index contributed by atoms with van der Waals surface area (Å²) in [6, 6.07) is 14.5. The van der Waals surface area contributed by atoms with Gasteiger partial charge in [0.2, 0.25) is 5.91 Å². The van der Waals surface area contributed by atoms with E-state index in [0.717, 1.165) is 17.7 Å². The van der Waals surface area contributed by atoms with Gasteiger partial charge in [-0.15, -0.1) is 0 Å². The van der Waals surface area contributed by atoms with Crippen LogP contribution in [0.15, 0.2) is 54.6 Å². The lowest BCUT2D eigenvalue weighted by molar-refractivity contribution is -0.137.